The van der Waals surface area contributed by atoms with Gasteiger partial charge >= 0.3 is 0 Å². The molecule has 0 spiro atoms. The molecule has 0 radical (unpaired) electrons. The minimum absolute atomic E-state index is 0.695. The smallest absolute Gasteiger partial charge is 0.00992 e. The molecule has 0 bridgehead atoms. The van der Waals surface area contributed by atoms with Gasteiger partial charge in [0.2, 0.25) is 0 Å². The van der Waals surface area contributed by atoms with E-state index < -0.39 is 0 Å². The zero-order valence-electron chi connectivity index (χ0n) is 9.34. The third kappa shape index (κ3) is 3.65. The van der Waals surface area contributed by atoms with Crippen molar-refractivity contribution in [3.63, 3.8) is 0 Å². The maximum absolute atomic E-state index is 3.40. The van der Waals surface area contributed by atoms with Gasteiger partial charge in [-0.25, -0.2) is 0 Å². The Kier molecular flexibility index (Phi) is 4.74. The largest absolute Gasteiger partial charge is 0.317 e. The van der Waals surface area contributed by atoms with Crippen LogP contribution in [0.4, 0.5) is 0 Å². The molecule has 0 aromatic heterocycles. The van der Waals surface area contributed by atoms with Gasteiger partial charge in [0, 0.05) is 6.04 Å². The molecule has 1 aliphatic rings. The minimum atomic E-state index is 0.695. The first-order chi connectivity index (χ1) is 6.24. The predicted molar refractivity (Wildman–Crippen MR) is 58.0 cm³/mol. The normalized spacial score (nSPS) is 21.2. The summed E-state index contributed by atoms with van der Waals surface area (Å²) in [7, 11) is 2.08. The highest BCUT2D eigenvalue weighted by Crippen LogP contribution is 2.11. The van der Waals surface area contributed by atoms with E-state index in [1.807, 2.05) is 0 Å². The van der Waals surface area contributed by atoms with Gasteiger partial charge in [-0.2, -0.15) is 0 Å². The van der Waals surface area contributed by atoms with Gasteiger partial charge in [-0.1, -0.05) is 13.8 Å². The molecule has 0 unspecified atom stereocenters. The fourth-order valence-corrected chi connectivity index (χ4v) is 2.14. The number of hydrogen-bond donors (Lipinski definition) is 1. The first kappa shape index (κ1) is 11.0. The number of hydrogen-bond acceptors (Lipinski definition) is 2. The summed E-state index contributed by atoms with van der Waals surface area (Å²) in [4.78, 5) is 2.59. The number of likely N-dealkylation sites (tertiary alicyclic amines) is 1. The van der Waals surface area contributed by atoms with Crippen LogP contribution in [-0.2, 0) is 0 Å². The average molecular weight is 184 g/mol. The molecule has 0 saturated carbocycles. The molecule has 0 aromatic rings. The van der Waals surface area contributed by atoms with Gasteiger partial charge in [-0.05, 0) is 51.9 Å². The first-order valence-electron chi connectivity index (χ1n) is 5.63. The van der Waals surface area contributed by atoms with E-state index >= 15 is 0 Å². The summed E-state index contributed by atoms with van der Waals surface area (Å²) in [5.74, 6) is 0.757. The van der Waals surface area contributed by atoms with Gasteiger partial charge in [0.1, 0.15) is 0 Å². The standard InChI is InChI=1S/C11H24N2/c1-10(2)11(12-3)6-9-13-7-4-5-8-13/h10-12H,4-9H2,1-3H3/t11-/m1/s1. The molecular weight excluding hydrogens is 160 g/mol. The number of rotatable bonds is 5. The van der Waals surface area contributed by atoms with Crippen LogP contribution in [0.2, 0.25) is 0 Å². The summed E-state index contributed by atoms with van der Waals surface area (Å²) < 4.78 is 0. The van der Waals surface area contributed by atoms with Crippen LogP contribution >= 0.6 is 0 Å². The Morgan fingerprint density at radius 2 is 1.85 bits per heavy atom. The van der Waals surface area contributed by atoms with Crippen LogP contribution in [0.25, 0.3) is 0 Å². The molecule has 1 heterocycles. The van der Waals surface area contributed by atoms with Crippen molar-refractivity contribution in [2.45, 2.75) is 39.2 Å². The van der Waals surface area contributed by atoms with Crippen LogP contribution in [0.5, 0.6) is 0 Å². The Balaban J connectivity index is 2.15. The van der Waals surface area contributed by atoms with Gasteiger partial charge in [0.15, 0.2) is 0 Å². The molecule has 1 aliphatic heterocycles. The lowest BCUT2D eigenvalue weighted by atomic mass is 10.0. The summed E-state index contributed by atoms with van der Waals surface area (Å²) in [5.41, 5.74) is 0. The van der Waals surface area contributed by atoms with E-state index in [9.17, 15) is 0 Å². The van der Waals surface area contributed by atoms with Crippen molar-refractivity contribution >= 4 is 0 Å². The fraction of sp³-hybridized carbons (Fsp3) is 1.00. The molecule has 0 amide bonds. The highest BCUT2D eigenvalue weighted by Gasteiger charge is 2.15. The van der Waals surface area contributed by atoms with Crippen LogP contribution in [0.1, 0.15) is 33.1 Å². The number of nitrogens with one attached hydrogen (secondary N) is 1. The lowest BCUT2D eigenvalue weighted by molar-refractivity contribution is 0.290. The fourth-order valence-electron chi connectivity index (χ4n) is 2.14. The van der Waals surface area contributed by atoms with Gasteiger partial charge in [0.05, 0.1) is 0 Å². The minimum Gasteiger partial charge on any atom is -0.317 e. The van der Waals surface area contributed by atoms with Crippen molar-refractivity contribution < 1.29 is 0 Å². The van der Waals surface area contributed by atoms with E-state index in [1.165, 1.54) is 38.9 Å². The molecule has 0 aliphatic carbocycles. The van der Waals surface area contributed by atoms with E-state index in [4.69, 9.17) is 0 Å². The monoisotopic (exact) mass is 184 g/mol. The summed E-state index contributed by atoms with van der Waals surface area (Å²) in [6.45, 7) is 8.53. The van der Waals surface area contributed by atoms with E-state index in [-0.39, 0.29) is 0 Å². The van der Waals surface area contributed by atoms with Crippen LogP contribution in [0.15, 0.2) is 0 Å². The van der Waals surface area contributed by atoms with Crippen molar-refractivity contribution in [1.82, 2.24) is 10.2 Å². The zero-order valence-corrected chi connectivity index (χ0v) is 9.34. The lowest BCUT2D eigenvalue weighted by Crippen LogP contribution is -2.34. The van der Waals surface area contributed by atoms with E-state index in [0.717, 1.165) is 5.92 Å². The van der Waals surface area contributed by atoms with Crippen LogP contribution in [-0.4, -0.2) is 37.6 Å². The lowest BCUT2D eigenvalue weighted by Gasteiger charge is -2.23. The SMILES string of the molecule is CN[C@H](CCN1CCCC1)C(C)C. The molecule has 2 nitrogen and oxygen atoms in total. The second-order valence-corrected chi connectivity index (χ2v) is 4.48. The van der Waals surface area contributed by atoms with Crippen molar-refractivity contribution in [3.05, 3.63) is 0 Å². The number of nitrogens with zero attached hydrogens (tertiary/aromatic N) is 1. The molecule has 1 atom stereocenters. The highest BCUT2D eigenvalue weighted by molar-refractivity contribution is 4.73. The van der Waals surface area contributed by atoms with Gasteiger partial charge < -0.3 is 10.2 Å². The molecule has 1 rings (SSSR count). The Morgan fingerprint density at radius 1 is 1.23 bits per heavy atom. The second kappa shape index (κ2) is 5.61. The maximum atomic E-state index is 3.40. The average Bonchev–Trinajstić information content (AvgIpc) is 2.57. The van der Waals surface area contributed by atoms with E-state index in [2.05, 4.69) is 31.1 Å². The maximum Gasteiger partial charge on any atom is 0.00992 e. The van der Waals surface area contributed by atoms with Crippen LogP contribution in [0, 0.1) is 5.92 Å². The van der Waals surface area contributed by atoms with Crippen molar-refractivity contribution in [1.29, 1.82) is 0 Å². The topological polar surface area (TPSA) is 15.3 Å². The van der Waals surface area contributed by atoms with E-state index in [0.29, 0.717) is 6.04 Å². The summed E-state index contributed by atoms with van der Waals surface area (Å²) >= 11 is 0. The first-order valence-corrected chi connectivity index (χ1v) is 5.63. The molecule has 1 saturated heterocycles. The molecule has 1 N–H and O–H groups in total. The van der Waals surface area contributed by atoms with Crippen LogP contribution in [0.3, 0.4) is 0 Å². The molecular formula is C11H24N2. The van der Waals surface area contributed by atoms with Crippen molar-refractivity contribution in [3.8, 4) is 0 Å². The Morgan fingerprint density at radius 3 is 2.31 bits per heavy atom. The molecule has 78 valence electrons. The van der Waals surface area contributed by atoms with Crippen LogP contribution < -0.4 is 5.32 Å². The highest BCUT2D eigenvalue weighted by atomic mass is 15.1. The third-order valence-corrected chi connectivity index (χ3v) is 3.13. The van der Waals surface area contributed by atoms with E-state index in [1.54, 1.807) is 0 Å². The Labute approximate surface area is 82.7 Å². The Hall–Kier alpha value is -0.0800. The third-order valence-electron chi connectivity index (χ3n) is 3.13. The predicted octanol–water partition coefficient (Wildman–Crippen LogP) is 1.72. The molecule has 13 heavy (non-hydrogen) atoms. The van der Waals surface area contributed by atoms with Gasteiger partial charge in [-0.15, -0.1) is 0 Å². The quantitative estimate of drug-likeness (QED) is 0.700. The molecule has 2 heteroatoms. The second-order valence-electron chi connectivity index (χ2n) is 4.48. The summed E-state index contributed by atoms with van der Waals surface area (Å²) in [6.07, 6.45) is 4.12. The van der Waals surface area contributed by atoms with Gasteiger partial charge in [-0.3, -0.25) is 0 Å². The van der Waals surface area contributed by atoms with Gasteiger partial charge in [0.25, 0.3) is 0 Å². The Bertz CT molecular complexity index is 128. The molecule has 1 fully saturated rings. The summed E-state index contributed by atoms with van der Waals surface area (Å²) in [5, 5.41) is 3.40. The zero-order chi connectivity index (χ0) is 9.68. The molecule has 0 aromatic carbocycles. The van der Waals surface area contributed by atoms with Crippen molar-refractivity contribution in [2.75, 3.05) is 26.7 Å². The summed E-state index contributed by atoms with van der Waals surface area (Å²) in [6, 6.07) is 0.695. The van der Waals surface area contributed by atoms with Crippen molar-refractivity contribution in [2.24, 2.45) is 5.92 Å².